The molecule has 0 spiro atoms. The van der Waals surface area contributed by atoms with Crippen LogP contribution < -0.4 is 4.74 Å². The minimum absolute atomic E-state index is 0.930. The first-order valence-electron chi connectivity index (χ1n) is 7.61. The van der Waals surface area contributed by atoms with Gasteiger partial charge < -0.3 is 4.74 Å². The van der Waals surface area contributed by atoms with Crippen LogP contribution in [0.4, 0.5) is 0 Å². The number of para-hydroxylation sites is 2. The molecule has 108 valence electrons. The lowest BCUT2D eigenvalue weighted by Crippen LogP contribution is -2.24. The summed E-state index contributed by atoms with van der Waals surface area (Å²) in [6.07, 6.45) is 2.26. The highest BCUT2D eigenvalue weighted by atomic mass is 16.5. The molecule has 0 radical (unpaired) electrons. The molecule has 0 saturated heterocycles. The molecule has 2 aromatic rings. The summed E-state index contributed by atoms with van der Waals surface area (Å²) in [5, 5.41) is 0. The predicted molar refractivity (Wildman–Crippen MR) is 88.6 cm³/mol. The van der Waals surface area contributed by atoms with Crippen LogP contribution in [0.1, 0.15) is 25.0 Å². The first-order chi connectivity index (χ1) is 10.3. The Morgan fingerprint density at radius 1 is 0.857 bits per heavy atom. The van der Waals surface area contributed by atoms with Gasteiger partial charge in [0, 0.05) is 17.7 Å². The van der Waals surface area contributed by atoms with Crippen molar-refractivity contribution in [3.8, 4) is 11.5 Å². The van der Waals surface area contributed by atoms with E-state index in [1.54, 1.807) is 0 Å². The minimum Gasteiger partial charge on any atom is -0.456 e. The van der Waals surface area contributed by atoms with Gasteiger partial charge >= 0.3 is 0 Å². The monoisotopic (exact) mass is 279 g/mol. The summed E-state index contributed by atoms with van der Waals surface area (Å²) < 4.78 is 6.11. The SMILES string of the molecule is CCN(CC)CC1=Cc2ccccc2Oc2ccccc21. The van der Waals surface area contributed by atoms with Crippen LogP contribution >= 0.6 is 0 Å². The van der Waals surface area contributed by atoms with Gasteiger partial charge in [-0.2, -0.15) is 0 Å². The van der Waals surface area contributed by atoms with Gasteiger partial charge in [-0.05, 0) is 36.9 Å². The van der Waals surface area contributed by atoms with Gasteiger partial charge in [0.15, 0.2) is 0 Å². The highest BCUT2D eigenvalue weighted by Gasteiger charge is 2.17. The van der Waals surface area contributed by atoms with Crippen LogP contribution in [-0.2, 0) is 0 Å². The Bertz CT molecular complexity index is 656. The van der Waals surface area contributed by atoms with Crippen molar-refractivity contribution in [3.63, 3.8) is 0 Å². The molecule has 0 atom stereocenters. The van der Waals surface area contributed by atoms with Crippen LogP contribution in [0.15, 0.2) is 48.5 Å². The maximum absolute atomic E-state index is 6.11. The molecule has 0 unspecified atom stereocenters. The number of benzene rings is 2. The third-order valence-corrected chi connectivity index (χ3v) is 3.99. The van der Waals surface area contributed by atoms with Crippen molar-refractivity contribution in [2.75, 3.05) is 19.6 Å². The first kappa shape index (κ1) is 13.9. The van der Waals surface area contributed by atoms with Crippen LogP contribution in [-0.4, -0.2) is 24.5 Å². The Morgan fingerprint density at radius 3 is 2.29 bits per heavy atom. The quantitative estimate of drug-likeness (QED) is 0.806. The van der Waals surface area contributed by atoms with E-state index >= 15 is 0 Å². The number of hydrogen-bond acceptors (Lipinski definition) is 2. The number of likely N-dealkylation sites (N-methyl/N-ethyl adjacent to an activating group) is 1. The van der Waals surface area contributed by atoms with E-state index in [1.165, 1.54) is 11.1 Å². The lowest BCUT2D eigenvalue weighted by molar-refractivity contribution is 0.342. The van der Waals surface area contributed by atoms with E-state index in [4.69, 9.17) is 4.74 Å². The minimum atomic E-state index is 0.930. The summed E-state index contributed by atoms with van der Waals surface area (Å²) in [4.78, 5) is 2.43. The van der Waals surface area contributed by atoms with Crippen LogP contribution in [0.2, 0.25) is 0 Å². The second-order valence-corrected chi connectivity index (χ2v) is 5.27. The number of rotatable bonds is 4. The van der Waals surface area contributed by atoms with Crippen LogP contribution in [0.5, 0.6) is 11.5 Å². The summed E-state index contributed by atoms with van der Waals surface area (Å²) in [6, 6.07) is 16.5. The molecule has 1 aliphatic heterocycles. The van der Waals surface area contributed by atoms with E-state index in [2.05, 4.69) is 49.1 Å². The standard InChI is InChI=1S/C19H21NO/c1-3-20(4-2)14-16-13-15-9-5-7-11-18(15)21-19-12-8-6-10-17(16)19/h5-13H,3-4,14H2,1-2H3. The van der Waals surface area contributed by atoms with Crippen molar-refractivity contribution in [1.82, 2.24) is 4.90 Å². The lowest BCUT2D eigenvalue weighted by atomic mass is 10.0. The Kier molecular flexibility index (Phi) is 4.07. The van der Waals surface area contributed by atoms with Crippen LogP contribution in [0, 0.1) is 0 Å². The van der Waals surface area contributed by atoms with Crippen molar-refractivity contribution in [2.45, 2.75) is 13.8 Å². The average molecular weight is 279 g/mol. The Hall–Kier alpha value is -2.06. The summed E-state index contributed by atoms with van der Waals surface area (Å²) in [5.74, 6) is 1.88. The smallest absolute Gasteiger partial charge is 0.135 e. The molecule has 0 aliphatic carbocycles. The normalized spacial score (nSPS) is 13.0. The van der Waals surface area contributed by atoms with E-state index < -0.39 is 0 Å². The molecule has 0 fully saturated rings. The second kappa shape index (κ2) is 6.15. The highest BCUT2D eigenvalue weighted by molar-refractivity contribution is 5.87. The van der Waals surface area contributed by atoms with Gasteiger partial charge in [-0.25, -0.2) is 0 Å². The number of hydrogen-bond donors (Lipinski definition) is 0. The molecule has 21 heavy (non-hydrogen) atoms. The Morgan fingerprint density at radius 2 is 1.52 bits per heavy atom. The average Bonchev–Trinajstić information content (AvgIpc) is 2.69. The zero-order valence-corrected chi connectivity index (χ0v) is 12.7. The molecule has 2 heteroatoms. The molecule has 1 aliphatic rings. The summed E-state index contributed by atoms with van der Waals surface area (Å²) in [5.41, 5.74) is 3.66. The van der Waals surface area contributed by atoms with Crippen LogP contribution in [0.25, 0.3) is 11.6 Å². The molecule has 2 aromatic carbocycles. The largest absolute Gasteiger partial charge is 0.456 e. The van der Waals surface area contributed by atoms with Gasteiger partial charge in [0.25, 0.3) is 0 Å². The number of nitrogens with zero attached hydrogens (tertiary/aromatic N) is 1. The van der Waals surface area contributed by atoms with Crippen molar-refractivity contribution in [3.05, 3.63) is 59.7 Å². The van der Waals surface area contributed by atoms with Gasteiger partial charge in [-0.1, -0.05) is 50.2 Å². The van der Waals surface area contributed by atoms with Gasteiger partial charge in [-0.3, -0.25) is 4.90 Å². The molecule has 0 aromatic heterocycles. The molecule has 2 nitrogen and oxygen atoms in total. The van der Waals surface area contributed by atoms with Crippen molar-refractivity contribution >= 4 is 11.6 Å². The molecule has 0 bridgehead atoms. The Balaban J connectivity index is 2.08. The maximum Gasteiger partial charge on any atom is 0.135 e. The van der Waals surface area contributed by atoms with Gasteiger partial charge in [-0.15, -0.1) is 0 Å². The fraction of sp³-hybridized carbons (Fsp3) is 0.263. The zero-order valence-electron chi connectivity index (χ0n) is 12.7. The second-order valence-electron chi connectivity index (χ2n) is 5.27. The van der Waals surface area contributed by atoms with Crippen molar-refractivity contribution in [1.29, 1.82) is 0 Å². The van der Waals surface area contributed by atoms with Gasteiger partial charge in [0.05, 0.1) is 0 Å². The topological polar surface area (TPSA) is 12.5 Å². The van der Waals surface area contributed by atoms with E-state index in [-0.39, 0.29) is 0 Å². The van der Waals surface area contributed by atoms with Crippen molar-refractivity contribution in [2.24, 2.45) is 0 Å². The maximum atomic E-state index is 6.11. The third kappa shape index (κ3) is 2.86. The Labute approximate surface area is 126 Å². The first-order valence-corrected chi connectivity index (χ1v) is 7.61. The number of ether oxygens (including phenoxy) is 1. The predicted octanol–water partition coefficient (Wildman–Crippen LogP) is 4.67. The summed E-state index contributed by atoms with van der Waals surface area (Å²) >= 11 is 0. The molecule has 0 amide bonds. The van der Waals surface area contributed by atoms with Crippen LogP contribution in [0.3, 0.4) is 0 Å². The molecular weight excluding hydrogens is 258 g/mol. The molecule has 0 saturated carbocycles. The summed E-state index contributed by atoms with van der Waals surface area (Å²) in [7, 11) is 0. The fourth-order valence-electron chi connectivity index (χ4n) is 2.72. The molecule has 1 heterocycles. The summed E-state index contributed by atoms with van der Waals surface area (Å²) in [6.45, 7) is 7.47. The van der Waals surface area contributed by atoms with Crippen molar-refractivity contribution < 1.29 is 4.74 Å². The van der Waals surface area contributed by atoms with E-state index in [9.17, 15) is 0 Å². The molecular formula is C19H21NO. The van der Waals surface area contributed by atoms with E-state index in [0.29, 0.717) is 0 Å². The number of fused-ring (bicyclic) bond motifs is 2. The lowest BCUT2D eigenvalue weighted by Gasteiger charge is -2.20. The third-order valence-electron chi connectivity index (χ3n) is 3.99. The zero-order chi connectivity index (χ0) is 14.7. The van der Waals surface area contributed by atoms with Gasteiger partial charge in [0.1, 0.15) is 11.5 Å². The fourth-order valence-corrected chi connectivity index (χ4v) is 2.72. The molecule has 3 rings (SSSR count). The molecule has 0 N–H and O–H groups in total. The van der Waals surface area contributed by atoms with E-state index in [1.807, 2.05) is 24.3 Å². The highest BCUT2D eigenvalue weighted by Crippen LogP contribution is 2.37. The van der Waals surface area contributed by atoms with E-state index in [0.717, 1.165) is 36.7 Å². The van der Waals surface area contributed by atoms with Gasteiger partial charge in [0.2, 0.25) is 0 Å².